The SMILES string of the molecule is C/C=C1\NC(=O)[C@H]2CSSCC/C=C/[C@H](CC(=O)N[C@H](C(C)C)C(=O)N2)OC(=O)CNC1=O. The monoisotopic (exact) mass is 498 g/mol. The molecule has 4 amide bonds. The minimum atomic E-state index is -0.942. The van der Waals surface area contributed by atoms with Crippen molar-refractivity contribution in [3.63, 3.8) is 0 Å². The van der Waals surface area contributed by atoms with Crippen LogP contribution in [0.15, 0.2) is 23.9 Å². The third kappa shape index (κ3) is 8.77. The standard InChI is InChI=1S/C21H30N4O6S2/c1-4-14-19(28)22-10-17(27)31-13-7-5-6-8-32-33-11-15(20(29)23-14)24-21(30)18(12(2)3)25-16(26)9-13/h4-5,7,12-13,15,18H,6,8-11H2,1-3H3,(H,22,28)(H,23,29)(H,24,30)(H,25,26)/b7-5+,14-4-/t13-,15-,18-/m1/s1. The Balaban J connectivity index is 2.45. The summed E-state index contributed by atoms with van der Waals surface area (Å²) in [7, 11) is 2.94. The van der Waals surface area contributed by atoms with E-state index in [1.807, 2.05) is 6.08 Å². The summed E-state index contributed by atoms with van der Waals surface area (Å²) in [6, 6.07) is -1.84. The predicted molar refractivity (Wildman–Crippen MR) is 127 cm³/mol. The van der Waals surface area contributed by atoms with Gasteiger partial charge in [-0.1, -0.05) is 47.6 Å². The zero-order chi connectivity index (χ0) is 24.4. The zero-order valence-corrected chi connectivity index (χ0v) is 20.5. The molecule has 0 radical (unpaired) electrons. The quantitative estimate of drug-likeness (QED) is 0.176. The Morgan fingerprint density at radius 1 is 1.09 bits per heavy atom. The van der Waals surface area contributed by atoms with E-state index < -0.39 is 54.3 Å². The molecule has 1 fully saturated rings. The Kier molecular flexibility index (Phi) is 10.8. The van der Waals surface area contributed by atoms with Gasteiger partial charge in [-0.3, -0.25) is 24.0 Å². The first-order chi connectivity index (χ1) is 15.7. The fourth-order valence-corrected chi connectivity index (χ4v) is 5.18. The molecule has 0 spiro atoms. The summed E-state index contributed by atoms with van der Waals surface area (Å²) in [5.41, 5.74) is -0.0497. The molecule has 2 aliphatic rings. The first kappa shape index (κ1) is 26.8. The van der Waals surface area contributed by atoms with E-state index in [2.05, 4.69) is 21.3 Å². The van der Waals surface area contributed by atoms with Gasteiger partial charge in [0.1, 0.15) is 30.4 Å². The van der Waals surface area contributed by atoms with Gasteiger partial charge < -0.3 is 26.0 Å². The van der Waals surface area contributed by atoms with E-state index in [1.165, 1.54) is 27.7 Å². The van der Waals surface area contributed by atoms with Crippen molar-refractivity contribution in [2.45, 2.75) is 51.8 Å². The van der Waals surface area contributed by atoms with Gasteiger partial charge in [-0.15, -0.1) is 0 Å². The Hall–Kier alpha value is -2.47. The van der Waals surface area contributed by atoms with E-state index in [-0.39, 0.29) is 23.8 Å². The Morgan fingerprint density at radius 2 is 1.85 bits per heavy atom. The second-order valence-corrected chi connectivity index (χ2v) is 10.4. The molecule has 182 valence electrons. The molecule has 1 saturated heterocycles. The summed E-state index contributed by atoms with van der Waals surface area (Å²) in [4.78, 5) is 63.3. The number of hydrogen-bond acceptors (Lipinski definition) is 8. The molecule has 0 aliphatic carbocycles. The maximum atomic E-state index is 13.0. The topological polar surface area (TPSA) is 143 Å². The van der Waals surface area contributed by atoms with Gasteiger partial charge in [0.05, 0.1) is 6.42 Å². The Bertz CT molecular complexity index is 830. The lowest BCUT2D eigenvalue weighted by molar-refractivity contribution is -0.148. The number of amides is 4. The van der Waals surface area contributed by atoms with E-state index in [4.69, 9.17) is 4.74 Å². The van der Waals surface area contributed by atoms with Crippen LogP contribution in [0.3, 0.4) is 0 Å². The number of hydrogen-bond donors (Lipinski definition) is 4. The molecule has 33 heavy (non-hydrogen) atoms. The summed E-state index contributed by atoms with van der Waals surface area (Å²) < 4.78 is 5.38. The van der Waals surface area contributed by atoms with E-state index in [9.17, 15) is 24.0 Å². The largest absolute Gasteiger partial charge is 0.456 e. The average molecular weight is 499 g/mol. The van der Waals surface area contributed by atoms with Gasteiger partial charge in [0.15, 0.2) is 0 Å². The lowest BCUT2D eigenvalue weighted by Gasteiger charge is -2.26. The molecule has 2 rings (SSSR count). The average Bonchev–Trinajstić information content (AvgIpc) is 2.76. The van der Waals surface area contributed by atoms with Crippen molar-refractivity contribution in [1.82, 2.24) is 21.3 Å². The van der Waals surface area contributed by atoms with Crippen molar-refractivity contribution < 1.29 is 28.7 Å². The molecule has 0 aromatic heterocycles. The maximum absolute atomic E-state index is 13.0. The van der Waals surface area contributed by atoms with Crippen LogP contribution in [0.25, 0.3) is 0 Å². The smallest absolute Gasteiger partial charge is 0.326 e. The number of esters is 1. The van der Waals surface area contributed by atoms with Crippen LogP contribution in [0, 0.1) is 5.92 Å². The maximum Gasteiger partial charge on any atom is 0.326 e. The molecular weight excluding hydrogens is 468 g/mol. The molecule has 2 heterocycles. The molecule has 2 aliphatic heterocycles. The molecule has 0 aromatic rings. The fraction of sp³-hybridized carbons (Fsp3) is 0.571. The molecule has 0 unspecified atom stereocenters. The minimum absolute atomic E-state index is 0.0497. The molecular formula is C21H30N4O6S2. The molecule has 2 bridgehead atoms. The second kappa shape index (κ2) is 13.3. The van der Waals surface area contributed by atoms with Crippen molar-refractivity contribution in [3.05, 3.63) is 23.9 Å². The number of carbonyl (C=O) groups is 5. The molecule has 12 heteroatoms. The molecule has 10 nitrogen and oxygen atoms in total. The van der Waals surface area contributed by atoms with E-state index >= 15 is 0 Å². The lowest BCUT2D eigenvalue weighted by atomic mass is 10.0. The van der Waals surface area contributed by atoms with Crippen LogP contribution >= 0.6 is 21.6 Å². The van der Waals surface area contributed by atoms with Crippen molar-refractivity contribution in [2.75, 3.05) is 18.1 Å². The van der Waals surface area contributed by atoms with Crippen LogP contribution in [-0.2, 0) is 28.7 Å². The van der Waals surface area contributed by atoms with Gasteiger partial charge in [-0.25, -0.2) is 0 Å². The highest BCUT2D eigenvalue weighted by Crippen LogP contribution is 2.23. The van der Waals surface area contributed by atoms with Crippen LogP contribution < -0.4 is 21.3 Å². The highest BCUT2D eigenvalue weighted by atomic mass is 33.1. The summed E-state index contributed by atoms with van der Waals surface area (Å²) in [5, 5.41) is 10.3. The molecule has 4 N–H and O–H groups in total. The number of fused-ring (bicyclic) bond motifs is 7. The van der Waals surface area contributed by atoms with E-state index in [1.54, 1.807) is 26.8 Å². The number of allylic oxidation sites excluding steroid dienone is 2. The fourth-order valence-electron chi connectivity index (χ4n) is 3.02. The van der Waals surface area contributed by atoms with E-state index in [0.717, 1.165) is 0 Å². The number of rotatable bonds is 1. The van der Waals surface area contributed by atoms with Crippen molar-refractivity contribution >= 4 is 51.2 Å². The Labute approximate surface area is 200 Å². The van der Waals surface area contributed by atoms with Gasteiger partial charge >= 0.3 is 5.97 Å². The normalized spacial score (nSPS) is 28.8. The van der Waals surface area contributed by atoms with Gasteiger partial charge in [0.2, 0.25) is 17.7 Å². The number of ether oxygens (including phenoxy) is 1. The minimum Gasteiger partial charge on any atom is -0.456 e. The highest BCUT2D eigenvalue weighted by molar-refractivity contribution is 8.76. The summed E-state index contributed by atoms with van der Waals surface area (Å²) >= 11 is 0. The van der Waals surface area contributed by atoms with Crippen LogP contribution in [0.1, 0.15) is 33.6 Å². The third-order valence-electron chi connectivity index (χ3n) is 4.79. The third-order valence-corrected chi connectivity index (χ3v) is 7.24. The first-order valence-corrected chi connectivity index (χ1v) is 13.2. The molecule has 0 saturated carbocycles. The number of nitrogens with one attached hydrogen (secondary N) is 4. The van der Waals surface area contributed by atoms with E-state index in [0.29, 0.717) is 12.2 Å². The second-order valence-electron chi connectivity index (χ2n) is 7.78. The first-order valence-electron chi connectivity index (χ1n) is 10.7. The number of carbonyl (C=O) groups excluding carboxylic acids is 5. The predicted octanol–water partition coefficient (Wildman–Crippen LogP) is 0.405. The van der Waals surface area contributed by atoms with Gasteiger partial charge in [-0.2, -0.15) is 0 Å². The van der Waals surface area contributed by atoms with Crippen LogP contribution in [-0.4, -0.2) is 65.8 Å². The molecule has 3 atom stereocenters. The van der Waals surface area contributed by atoms with Crippen LogP contribution in [0.4, 0.5) is 0 Å². The van der Waals surface area contributed by atoms with Crippen LogP contribution in [0.5, 0.6) is 0 Å². The molecule has 0 aromatic carbocycles. The van der Waals surface area contributed by atoms with Gasteiger partial charge in [-0.05, 0) is 25.3 Å². The lowest BCUT2D eigenvalue weighted by Crippen LogP contribution is -2.56. The summed E-state index contributed by atoms with van der Waals surface area (Å²) in [6.45, 7) is 4.68. The van der Waals surface area contributed by atoms with Crippen molar-refractivity contribution in [3.8, 4) is 0 Å². The summed E-state index contributed by atoms with van der Waals surface area (Å²) in [6.07, 6.45) is 4.48. The van der Waals surface area contributed by atoms with Crippen molar-refractivity contribution in [1.29, 1.82) is 0 Å². The zero-order valence-electron chi connectivity index (χ0n) is 18.8. The summed E-state index contributed by atoms with van der Waals surface area (Å²) in [5.74, 6) is -2.25. The van der Waals surface area contributed by atoms with Gasteiger partial charge in [0.25, 0.3) is 5.91 Å². The van der Waals surface area contributed by atoms with Gasteiger partial charge in [0, 0.05) is 11.5 Å². The highest BCUT2D eigenvalue weighted by Gasteiger charge is 2.31. The van der Waals surface area contributed by atoms with Crippen LogP contribution in [0.2, 0.25) is 0 Å². The van der Waals surface area contributed by atoms with Crippen molar-refractivity contribution in [2.24, 2.45) is 5.92 Å². The Morgan fingerprint density at radius 3 is 2.55 bits per heavy atom.